The van der Waals surface area contributed by atoms with Crippen LogP contribution in [0, 0.1) is 0 Å². The van der Waals surface area contributed by atoms with E-state index in [0.717, 1.165) is 0 Å². The molecule has 0 aromatic heterocycles. The van der Waals surface area contributed by atoms with Gasteiger partial charge in [0.1, 0.15) is 0 Å². The van der Waals surface area contributed by atoms with Gasteiger partial charge in [-0.25, -0.2) is 0 Å². The Morgan fingerprint density at radius 2 is 1.38 bits per heavy atom. The van der Waals surface area contributed by atoms with E-state index < -0.39 is 9.58 Å². The van der Waals surface area contributed by atoms with Crippen molar-refractivity contribution in [3.05, 3.63) is 35.9 Å². The molecule has 1 aromatic rings. The number of alkyl halides is 3. The topological polar surface area (TPSA) is 46.1 Å². The third-order valence-electron chi connectivity index (χ3n) is 1.53. The fourth-order valence-corrected chi connectivity index (χ4v) is 1.15. The first kappa shape index (κ1) is 11.1. The van der Waals surface area contributed by atoms with E-state index >= 15 is 0 Å². The summed E-state index contributed by atoms with van der Waals surface area (Å²) in [5, 5.41) is 22.7. The van der Waals surface area contributed by atoms with Gasteiger partial charge in [0.25, 0.3) is 0 Å². The van der Waals surface area contributed by atoms with Gasteiger partial charge in [-0.1, -0.05) is 70.7 Å². The Balaban J connectivity index is 3.08. The molecule has 0 heterocycles. The third kappa shape index (κ3) is 2.27. The largest absolute Gasteiger partial charge is 0.856 e. The predicted octanol–water partition coefficient (Wildman–Crippen LogP) is 0.930. The van der Waals surface area contributed by atoms with Gasteiger partial charge in [-0.2, -0.15) is 0 Å². The highest BCUT2D eigenvalue weighted by Crippen LogP contribution is 2.38. The molecule has 0 N–H and O–H groups in total. The summed E-state index contributed by atoms with van der Waals surface area (Å²) in [6.45, 7) is 0. The van der Waals surface area contributed by atoms with E-state index in [0.29, 0.717) is 0 Å². The molecule has 0 bridgehead atoms. The highest BCUT2D eigenvalue weighted by atomic mass is 35.6. The summed E-state index contributed by atoms with van der Waals surface area (Å²) >= 11 is 15.8. The Kier molecular flexibility index (Phi) is 3.10. The number of benzene rings is 1. The molecule has 0 unspecified atom stereocenters. The van der Waals surface area contributed by atoms with E-state index in [1.54, 1.807) is 6.07 Å². The summed E-state index contributed by atoms with van der Waals surface area (Å²) < 4.78 is -2.39. The lowest BCUT2D eigenvalue weighted by atomic mass is 10.1. The average Bonchev–Trinajstić information content (AvgIpc) is 2.04. The Bertz CT molecular complexity index is 279. The average molecular weight is 239 g/mol. The van der Waals surface area contributed by atoms with Crippen LogP contribution in [-0.4, -0.2) is 3.79 Å². The first-order valence-corrected chi connectivity index (χ1v) is 4.52. The molecule has 2 nitrogen and oxygen atoms in total. The Labute approximate surface area is 90.7 Å². The molecule has 0 amide bonds. The summed E-state index contributed by atoms with van der Waals surface area (Å²) in [4.78, 5) is 0. The summed E-state index contributed by atoms with van der Waals surface area (Å²) in [6.07, 6.45) is 0. The van der Waals surface area contributed by atoms with Crippen molar-refractivity contribution < 1.29 is 10.2 Å². The second-order valence-corrected chi connectivity index (χ2v) is 4.76. The molecule has 0 radical (unpaired) electrons. The molecule has 13 heavy (non-hydrogen) atoms. The first-order valence-electron chi connectivity index (χ1n) is 3.39. The fourth-order valence-electron chi connectivity index (χ4n) is 0.821. The van der Waals surface area contributed by atoms with E-state index in [1.165, 1.54) is 24.3 Å². The van der Waals surface area contributed by atoms with Crippen LogP contribution in [0.3, 0.4) is 0 Å². The highest BCUT2D eigenvalue weighted by molar-refractivity contribution is 6.68. The lowest BCUT2D eigenvalue weighted by molar-refractivity contribution is -0.733. The zero-order valence-electron chi connectivity index (χ0n) is 6.34. The standard InChI is InChI=1S/C8H5Cl3O2/c9-8(10,11)7(12,13)6-4-2-1-3-5-6/h1-5H/q-2. The maximum Gasteiger partial charge on any atom is 0.169 e. The molecule has 0 saturated carbocycles. The van der Waals surface area contributed by atoms with Crippen molar-refractivity contribution in [1.82, 2.24) is 0 Å². The molecular weight excluding hydrogens is 234 g/mol. The first-order chi connectivity index (χ1) is 5.86. The van der Waals surface area contributed by atoms with E-state index in [-0.39, 0.29) is 5.56 Å². The molecule has 72 valence electrons. The van der Waals surface area contributed by atoms with Crippen LogP contribution in [0.5, 0.6) is 0 Å². The second-order valence-electron chi connectivity index (χ2n) is 2.48. The minimum atomic E-state index is -2.97. The molecule has 0 spiro atoms. The summed E-state index contributed by atoms with van der Waals surface area (Å²) in [5.74, 6) is -2.97. The lowest BCUT2D eigenvalue weighted by Gasteiger charge is -2.54. The number of halogens is 3. The van der Waals surface area contributed by atoms with Gasteiger partial charge >= 0.3 is 0 Å². The van der Waals surface area contributed by atoms with Crippen LogP contribution >= 0.6 is 34.8 Å². The van der Waals surface area contributed by atoms with Crippen molar-refractivity contribution in [3.8, 4) is 0 Å². The van der Waals surface area contributed by atoms with Crippen molar-refractivity contribution in [2.45, 2.75) is 9.58 Å². The van der Waals surface area contributed by atoms with Gasteiger partial charge in [0, 0.05) is 0 Å². The van der Waals surface area contributed by atoms with Crippen LogP contribution in [0.25, 0.3) is 0 Å². The molecule has 0 aliphatic carbocycles. The normalized spacial score (nSPS) is 13.0. The smallest absolute Gasteiger partial charge is 0.169 e. The minimum Gasteiger partial charge on any atom is -0.856 e. The maximum absolute atomic E-state index is 11.4. The van der Waals surface area contributed by atoms with Crippen molar-refractivity contribution >= 4 is 34.8 Å². The van der Waals surface area contributed by atoms with Gasteiger partial charge in [0.2, 0.25) is 0 Å². The van der Waals surface area contributed by atoms with E-state index in [4.69, 9.17) is 34.8 Å². The zero-order chi connectivity index (χ0) is 10.1. The van der Waals surface area contributed by atoms with Crippen molar-refractivity contribution in [3.63, 3.8) is 0 Å². The van der Waals surface area contributed by atoms with E-state index in [2.05, 4.69) is 0 Å². The summed E-state index contributed by atoms with van der Waals surface area (Å²) in [5.41, 5.74) is -0.0880. The van der Waals surface area contributed by atoms with Crippen LogP contribution in [0.4, 0.5) is 0 Å². The van der Waals surface area contributed by atoms with Crippen molar-refractivity contribution in [2.24, 2.45) is 0 Å². The van der Waals surface area contributed by atoms with Crippen molar-refractivity contribution in [2.75, 3.05) is 0 Å². The van der Waals surface area contributed by atoms with Crippen molar-refractivity contribution in [1.29, 1.82) is 0 Å². The number of rotatable bonds is 1. The van der Waals surface area contributed by atoms with E-state index in [1.807, 2.05) is 0 Å². The third-order valence-corrected chi connectivity index (χ3v) is 2.27. The van der Waals surface area contributed by atoms with Gasteiger partial charge in [0.05, 0.1) is 0 Å². The van der Waals surface area contributed by atoms with Gasteiger partial charge in [-0.3, -0.25) is 0 Å². The maximum atomic E-state index is 11.4. The van der Waals surface area contributed by atoms with Crippen LogP contribution in [0.15, 0.2) is 30.3 Å². The Morgan fingerprint density at radius 3 is 1.77 bits per heavy atom. The fraction of sp³-hybridized carbons (Fsp3) is 0.250. The monoisotopic (exact) mass is 238 g/mol. The molecule has 5 heteroatoms. The molecular formula is C8H5Cl3O2-2. The van der Waals surface area contributed by atoms with Crippen LogP contribution in [0.2, 0.25) is 0 Å². The molecule has 0 atom stereocenters. The van der Waals surface area contributed by atoms with Gasteiger partial charge in [-0.05, 0) is 0 Å². The summed E-state index contributed by atoms with van der Waals surface area (Å²) in [7, 11) is 0. The van der Waals surface area contributed by atoms with Gasteiger partial charge < -0.3 is 10.2 Å². The molecule has 0 aliphatic rings. The van der Waals surface area contributed by atoms with E-state index in [9.17, 15) is 10.2 Å². The molecule has 0 fully saturated rings. The summed E-state index contributed by atoms with van der Waals surface area (Å²) in [6, 6.07) is 7.41. The van der Waals surface area contributed by atoms with Gasteiger partial charge in [-0.15, -0.1) is 5.79 Å². The Hall–Kier alpha value is 0.01000. The van der Waals surface area contributed by atoms with Crippen LogP contribution in [0.1, 0.15) is 5.56 Å². The minimum absolute atomic E-state index is 0.0880. The quantitative estimate of drug-likeness (QED) is 0.541. The Morgan fingerprint density at radius 1 is 0.923 bits per heavy atom. The van der Waals surface area contributed by atoms with Crippen LogP contribution in [-0.2, 0) is 5.79 Å². The molecule has 1 rings (SSSR count). The second kappa shape index (κ2) is 3.64. The zero-order valence-corrected chi connectivity index (χ0v) is 8.60. The number of hydrogen-bond acceptors (Lipinski definition) is 2. The lowest BCUT2D eigenvalue weighted by Crippen LogP contribution is -2.61. The van der Waals surface area contributed by atoms with Gasteiger partial charge in [0.15, 0.2) is 3.79 Å². The molecule has 0 aliphatic heterocycles. The van der Waals surface area contributed by atoms with Crippen LogP contribution < -0.4 is 10.2 Å². The SMILES string of the molecule is [O-]C([O-])(c1ccccc1)C(Cl)(Cl)Cl. The predicted molar refractivity (Wildman–Crippen MR) is 48.4 cm³/mol. The molecule has 0 saturated heterocycles. The highest BCUT2D eigenvalue weighted by Gasteiger charge is 2.29. The number of hydrogen-bond donors (Lipinski definition) is 0. The molecule has 1 aromatic carbocycles.